The Bertz CT molecular complexity index is 1650. The molecule has 0 aliphatic heterocycles. The highest BCUT2D eigenvalue weighted by molar-refractivity contribution is 8.00. The Hall–Kier alpha value is -4.31. The number of aryl methyl sites for hydroxylation is 1. The molecule has 2 heterocycles. The number of ether oxygens (including phenoxy) is 2. The lowest BCUT2D eigenvalue weighted by molar-refractivity contribution is -0.113. The van der Waals surface area contributed by atoms with Gasteiger partial charge in [0, 0.05) is 16.0 Å². The number of pyridine rings is 1. The van der Waals surface area contributed by atoms with Crippen molar-refractivity contribution >= 4 is 34.0 Å². The van der Waals surface area contributed by atoms with E-state index in [1.807, 2.05) is 48.5 Å². The Morgan fingerprint density at radius 3 is 2.45 bits per heavy atom. The Morgan fingerprint density at radius 2 is 1.73 bits per heavy atom. The average Bonchev–Trinajstić information content (AvgIpc) is 3.36. The largest absolute Gasteiger partial charge is 0.493 e. The maximum Gasteiger partial charge on any atom is 0.235 e. The number of aromatic nitrogens is 1. The molecule has 0 saturated carbocycles. The van der Waals surface area contributed by atoms with Gasteiger partial charge < -0.3 is 14.8 Å². The van der Waals surface area contributed by atoms with E-state index < -0.39 is 0 Å². The van der Waals surface area contributed by atoms with Crippen LogP contribution in [0.25, 0.3) is 22.4 Å². The number of amides is 1. The zero-order valence-electron chi connectivity index (χ0n) is 22.1. The van der Waals surface area contributed by atoms with Crippen LogP contribution in [-0.4, -0.2) is 30.9 Å². The first-order valence-electron chi connectivity index (χ1n) is 12.8. The van der Waals surface area contributed by atoms with Gasteiger partial charge >= 0.3 is 0 Å². The highest BCUT2D eigenvalue weighted by Crippen LogP contribution is 2.39. The van der Waals surface area contributed by atoms with Gasteiger partial charge in [0.25, 0.3) is 0 Å². The van der Waals surface area contributed by atoms with Gasteiger partial charge in [-0.2, -0.15) is 10.5 Å². The van der Waals surface area contributed by atoms with Crippen LogP contribution in [-0.2, 0) is 17.6 Å². The first-order valence-corrected chi connectivity index (χ1v) is 14.6. The van der Waals surface area contributed by atoms with Gasteiger partial charge in [0.15, 0.2) is 11.5 Å². The molecule has 0 unspecified atom stereocenters. The van der Waals surface area contributed by atoms with Crippen molar-refractivity contribution < 1.29 is 14.3 Å². The maximum atomic E-state index is 13.1. The minimum absolute atomic E-state index is 0.0404. The molecule has 5 rings (SSSR count). The summed E-state index contributed by atoms with van der Waals surface area (Å²) in [7, 11) is 3.14. The van der Waals surface area contributed by atoms with Crippen LogP contribution in [0.4, 0.5) is 5.00 Å². The number of nitriles is 2. The molecule has 2 aromatic heterocycles. The Labute approximate surface area is 241 Å². The first-order chi connectivity index (χ1) is 19.6. The molecule has 9 heteroatoms. The Balaban J connectivity index is 1.48. The summed E-state index contributed by atoms with van der Waals surface area (Å²) in [6.45, 7) is 0. The summed E-state index contributed by atoms with van der Waals surface area (Å²) in [5, 5.41) is 24.0. The van der Waals surface area contributed by atoms with Crippen molar-refractivity contribution in [2.45, 2.75) is 30.7 Å². The number of thioether (sulfide) groups is 1. The number of carbonyl (C=O) groups excluding carboxylic acids is 1. The van der Waals surface area contributed by atoms with Crippen molar-refractivity contribution in [3.05, 3.63) is 76.2 Å². The van der Waals surface area contributed by atoms with Crippen LogP contribution in [0.3, 0.4) is 0 Å². The standard InChI is InChI=1S/C31H26N4O3S2/c1-37-26-13-12-20(14-27(26)38-2)22-15-25(19-8-4-3-5-9-19)34-30(24(22)17-33)39-18-29(36)35-31-23(16-32)21-10-6-7-11-28(21)40-31/h3-5,8-9,12-15H,6-7,10-11,18H2,1-2H3,(H,35,36). The Morgan fingerprint density at radius 1 is 0.975 bits per heavy atom. The molecular formula is C31H26N4O3S2. The zero-order chi connectivity index (χ0) is 28.1. The lowest BCUT2D eigenvalue weighted by atomic mass is 9.96. The summed E-state index contributed by atoms with van der Waals surface area (Å²) in [6, 6.07) is 21.7. The molecule has 200 valence electrons. The molecule has 0 radical (unpaired) electrons. The molecule has 1 aliphatic rings. The number of hydrogen-bond acceptors (Lipinski definition) is 8. The van der Waals surface area contributed by atoms with Crippen molar-refractivity contribution in [2.24, 2.45) is 0 Å². The van der Waals surface area contributed by atoms with Gasteiger partial charge in [-0.3, -0.25) is 4.79 Å². The molecule has 0 saturated heterocycles. The third kappa shape index (κ3) is 5.53. The van der Waals surface area contributed by atoms with Crippen LogP contribution in [0, 0.1) is 22.7 Å². The quantitative estimate of drug-likeness (QED) is 0.232. The van der Waals surface area contributed by atoms with E-state index in [0.29, 0.717) is 43.9 Å². The molecule has 0 fully saturated rings. The van der Waals surface area contributed by atoms with E-state index in [9.17, 15) is 15.3 Å². The van der Waals surface area contributed by atoms with E-state index in [-0.39, 0.29) is 11.7 Å². The molecule has 7 nitrogen and oxygen atoms in total. The monoisotopic (exact) mass is 566 g/mol. The molecule has 0 spiro atoms. The van der Waals surface area contributed by atoms with E-state index in [0.717, 1.165) is 42.4 Å². The molecule has 0 bridgehead atoms. The van der Waals surface area contributed by atoms with E-state index >= 15 is 0 Å². The number of carbonyl (C=O) groups is 1. The van der Waals surface area contributed by atoms with Crippen molar-refractivity contribution in [3.8, 4) is 46.0 Å². The fourth-order valence-corrected chi connectivity index (χ4v) is 6.85. The number of nitrogens with zero attached hydrogens (tertiary/aromatic N) is 3. The maximum absolute atomic E-state index is 13.1. The third-order valence-electron chi connectivity index (χ3n) is 6.74. The van der Waals surface area contributed by atoms with E-state index in [1.54, 1.807) is 20.3 Å². The predicted molar refractivity (Wildman–Crippen MR) is 158 cm³/mol. The van der Waals surface area contributed by atoms with Crippen LogP contribution in [0.1, 0.15) is 34.4 Å². The highest BCUT2D eigenvalue weighted by Gasteiger charge is 2.23. The molecule has 40 heavy (non-hydrogen) atoms. The second kappa shape index (κ2) is 12.3. The number of hydrogen-bond donors (Lipinski definition) is 1. The fraction of sp³-hybridized carbons (Fsp3) is 0.226. The normalized spacial score (nSPS) is 12.1. The Kier molecular flexibility index (Phi) is 8.35. The van der Waals surface area contributed by atoms with E-state index in [2.05, 4.69) is 17.5 Å². The second-order valence-corrected chi connectivity index (χ2v) is 11.2. The number of anilines is 1. The number of fused-ring (bicyclic) bond motifs is 1. The topological polar surface area (TPSA) is 108 Å². The molecule has 1 amide bonds. The van der Waals surface area contributed by atoms with Crippen molar-refractivity contribution in [1.29, 1.82) is 10.5 Å². The molecule has 2 aromatic carbocycles. The molecular weight excluding hydrogens is 541 g/mol. The summed E-state index contributed by atoms with van der Waals surface area (Å²) in [4.78, 5) is 19.0. The molecule has 1 aliphatic carbocycles. The number of rotatable bonds is 8. The zero-order valence-corrected chi connectivity index (χ0v) is 23.7. The van der Waals surface area contributed by atoms with E-state index in [1.165, 1.54) is 28.0 Å². The van der Waals surface area contributed by atoms with Crippen molar-refractivity contribution in [1.82, 2.24) is 4.98 Å². The molecule has 4 aromatic rings. The number of methoxy groups -OCH3 is 2. The minimum atomic E-state index is -0.247. The molecule has 0 atom stereocenters. The van der Waals surface area contributed by atoms with Crippen LogP contribution < -0.4 is 14.8 Å². The van der Waals surface area contributed by atoms with Crippen LogP contribution in [0.5, 0.6) is 11.5 Å². The average molecular weight is 567 g/mol. The lowest BCUT2D eigenvalue weighted by Crippen LogP contribution is -2.14. The summed E-state index contributed by atoms with van der Waals surface area (Å²) >= 11 is 2.70. The second-order valence-electron chi connectivity index (χ2n) is 9.15. The predicted octanol–water partition coefficient (Wildman–Crippen LogP) is 6.85. The first kappa shape index (κ1) is 27.3. The minimum Gasteiger partial charge on any atom is -0.493 e. The SMILES string of the molecule is COc1ccc(-c2cc(-c3ccccc3)nc(SCC(=O)Nc3sc4c(c3C#N)CCCC4)c2C#N)cc1OC. The summed E-state index contributed by atoms with van der Waals surface area (Å²) in [6.07, 6.45) is 3.98. The highest BCUT2D eigenvalue weighted by atomic mass is 32.2. The molecule has 1 N–H and O–H groups in total. The van der Waals surface area contributed by atoms with Gasteiger partial charge in [-0.05, 0) is 55.0 Å². The van der Waals surface area contributed by atoms with E-state index in [4.69, 9.17) is 14.5 Å². The lowest BCUT2D eigenvalue weighted by Gasteiger charge is -2.14. The van der Waals surface area contributed by atoms with Crippen molar-refractivity contribution in [2.75, 3.05) is 25.3 Å². The van der Waals surface area contributed by atoms with Crippen LogP contribution >= 0.6 is 23.1 Å². The van der Waals surface area contributed by atoms with Gasteiger partial charge in [-0.15, -0.1) is 11.3 Å². The number of thiophene rings is 1. The van der Waals surface area contributed by atoms with Gasteiger partial charge in [0.05, 0.1) is 36.8 Å². The third-order valence-corrected chi connectivity index (χ3v) is 8.92. The van der Waals surface area contributed by atoms with Gasteiger partial charge in [-0.25, -0.2) is 4.98 Å². The van der Waals surface area contributed by atoms with Crippen molar-refractivity contribution in [3.63, 3.8) is 0 Å². The van der Waals surface area contributed by atoms with Gasteiger partial charge in [-0.1, -0.05) is 48.2 Å². The summed E-state index contributed by atoms with van der Waals surface area (Å²) < 4.78 is 10.9. The van der Waals surface area contributed by atoms with Gasteiger partial charge in [0.2, 0.25) is 5.91 Å². The fourth-order valence-electron chi connectivity index (χ4n) is 4.79. The van der Waals surface area contributed by atoms with Crippen LogP contribution in [0.2, 0.25) is 0 Å². The summed E-state index contributed by atoms with van der Waals surface area (Å²) in [5.74, 6) is 0.921. The number of nitrogens with one attached hydrogen (secondary N) is 1. The smallest absolute Gasteiger partial charge is 0.235 e. The summed E-state index contributed by atoms with van der Waals surface area (Å²) in [5.41, 5.74) is 5.05. The number of benzene rings is 2. The van der Waals surface area contributed by atoms with Crippen LogP contribution in [0.15, 0.2) is 59.6 Å². The van der Waals surface area contributed by atoms with Gasteiger partial charge in [0.1, 0.15) is 22.2 Å².